The summed E-state index contributed by atoms with van der Waals surface area (Å²) in [5, 5.41) is 7.54. The molecule has 0 aliphatic carbocycles. The molecular weight excluding hydrogens is 266 g/mol. The SMILES string of the molecule is CS(=O)(=O)C1CSCCN1C(=O)C=CC(=O)O. The standard InChI is InChI=1S/C9H13NO5S2/c1-17(14,15)8-6-16-5-4-10(8)7(11)2-3-9(12)13/h2-3,8H,4-6H2,1H3,(H,12,13). The number of carboxylic acid groups (broad SMARTS) is 1. The van der Waals surface area contributed by atoms with E-state index >= 15 is 0 Å². The topological polar surface area (TPSA) is 91.8 Å². The van der Waals surface area contributed by atoms with E-state index < -0.39 is 27.1 Å². The number of aliphatic carboxylic acids is 1. The number of carbonyl (C=O) groups excluding carboxylic acids is 1. The van der Waals surface area contributed by atoms with Gasteiger partial charge in [-0.25, -0.2) is 13.2 Å². The van der Waals surface area contributed by atoms with Crippen LogP contribution in [0.25, 0.3) is 0 Å². The van der Waals surface area contributed by atoms with E-state index in [4.69, 9.17) is 5.11 Å². The van der Waals surface area contributed by atoms with Gasteiger partial charge in [0.2, 0.25) is 5.91 Å². The molecule has 1 aliphatic rings. The van der Waals surface area contributed by atoms with E-state index in [2.05, 4.69) is 0 Å². The zero-order chi connectivity index (χ0) is 13.1. The number of thioether (sulfide) groups is 1. The maximum atomic E-state index is 11.7. The average Bonchev–Trinajstić information content (AvgIpc) is 2.24. The lowest BCUT2D eigenvalue weighted by atomic mass is 10.4. The Bertz CT molecular complexity index is 442. The van der Waals surface area contributed by atoms with Crippen LogP contribution in [-0.2, 0) is 19.4 Å². The van der Waals surface area contributed by atoms with Crippen LogP contribution in [0.1, 0.15) is 0 Å². The minimum Gasteiger partial charge on any atom is -0.478 e. The largest absolute Gasteiger partial charge is 0.478 e. The lowest BCUT2D eigenvalue weighted by Crippen LogP contribution is -2.49. The van der Waals surface area contributed by atoms with Gasteiger partial charge in [0.05, 0.1) is 0 Å². The van der Waals surface area contributed by atoms with Crippen LogP contribution in [0.15, 0.2) is 12.2 Å². The molecule has 0 radical (unpaired) electrons. The quantitative estimate of drug-likeness (QED) is 0.705. The predicted octanol–water partition coefficient (Wildman–Crippen LogP) is -0.427. The molecule has 0 bridgehead atoms. The van der Waals surface area contributed by atoms with Crippen molar-refractivity contribution < 1.29 is 23.1 Å². The smallest absolute Gasteiger partial charge is 0.328 e. The summed E-state index contributed by atoms with van der Waals surface area (Å²) in [6.45, 7) is 0.311. The Hall–Kier alpha value is -1.02. The monoisotopic (exact) mass is 279 g/mol. The first-order valence-corrected chi connectivity index (χ1v) is 7.91. The van der Waals surface area contributed by atoms with Crippen molar-refractivity contribution in [3.8, 4) is 0 Å². The fourth-order valence-corrected chi connectivity index (χ4v) is 4.25. The third kappa shape index (κ3) is 4.04. The Morgan fingerprint density at radius 1 is 1.41 bits per heavy atom. The summed E-state index contributed by atoms with van der Waals surface area (Å²) in [5.41, 5.74) is 0. The number of hydrogen-bond acceptors (Lipinski definition) is 5. The third-order valence-corrected chi connectivity index (χ3v) is 4.87. The fourth-order valence-electron chi connectivity index (χ4n) is 1.43. The van der Waals surface area contributed by atoms with Gasteiger partial charge in [-0.2, -0.15) is 11.8 Å². The first kappa shape index (κ1) is 14.0. The van der Waals surface area contributed by atoms with Crippen molar-refractivity contribution in [1.82, 2.24) is 4.90 Å². The second kappa shape index (κ2) is 5.54. The molecule has 96 valence electrons. The number of rotatable bonds is 3. The van der Waals surface area contributed by atoms with E-state index in [1.165, 1.54) is 16.7 Å². The molecule has 1 heterocycles. The molecule has 1 N–H and O–H groups in total. The number of hydrogen-bond donors (Lipinski definition) is 1. The van der Waals surface area contributed by atoms with Crippen molar-refractivity contribution >= 4 is 33.5 Å². The van der Waals surface area contributed by atoms with Crippen LogP contribution in [0.2, 0.25) is 0 Å². The molecule has 1 aliphatic heterocycles. The summed E-state index contributed by atoms with van der Waals surface area (Å²) in [4.78, 5) is 23.1. The van der Waals surface area contributed by atoms with E-state index in [9.17, 15) is 18.0 Å². The molecule has 0 aromatic carbocycles. The van der Waals surface area contributed by atoms with Crippen molar-refractivity contribution in [2.75, 3.05) is 24.3 Å². The summed E-state index contributed by atoms with van der Waals surface area (Å²) in [6.07, 6.45) is 2.67. The van der Waals surface area contributed by atoms with Crippen LogP contribution < -0.4 is 0 Å². The van der Waals surface area contributed by atoms with Crippen LogP contribution in [-0.4, -0.2) is 60.0 Å². The van der Waals surface area contributed by atoms with Crippen molar-refractivity contribution in [2.24, 2.45) is 0 Å². The van der Waals surface area contributed by atoms with Crippen LogP contribution in [0.3, 0.4) is 0 Å². The molecule has 8 heteroatoms. The van der Waals surface area contributed by atoms with Gasteiger partial charge in [0, 0.05) is 36.5 Å². The van der Waals surface area contributed by atoms with Gasteiger partial charge in [0.15, 0.2) is 9.84 Å². The van der Waals surface area contributed by atoms with E-state index in [0.29, 0.717) is 24.1 Å². The van der Waals surface area contributed by atoms with Crippen molar-refractivity contribution in [3.05, 3.63) is 12.2 Å². The highest BCUT2D eigenvalue weighted by Crippen LogP contribution is 2.20. The molecule has 0 aromatic heterocycles. The van der Waals surface area contributed by atoms with Gasteiger partial charge in [-0.05, 0) is 0 Å². The van der Waals surface area contributed by atoms with E-state index in [0.717, 1.165) is 12.3 Å². The Morgan fingerprint density at radius 2 is 2.06 bits per heavy atom. The third-order valence-electron chi connectivity index (χ3n) is 2.23. The summed E-state index contributed by atoms with van der Waals surface area (Å²) in [5.74, 6) is -0.840. The number of carboxylic acids is 1. The molecule has 1 rings (SSSR count). The molecule has 0 spiro atoms. The lowest BCUT2D eigenvalue weighted by molar-refractivity contribution is -0.132. The van der Waals surface area contributed by atoms with Crippen LogP contribution in [0, 0.1) is 0 Å². The van der Waals surface area contributed by atoms with Gasteiger partial charge in [0.25, 0.3) is 0 Å². The first-order chi connectivity index (χ1) is 7.82. The molecule has 1 atom stereocenters. The molecular formula is C9H13NO5S2. The average molecular weight is 279 g/mol. The van der Waals surface area contributed by atoms with E-state index in [1.54, 1.807) is 0 Å². The van der Waals surface area contributed by atoms with Gasteiger partial charge in [-0.1, -0.05) is 0 Å². The number of amides is 1. The molecule has 6 nitrogen and oxygen atoms in total. The van der Waals surface area contributed by atoms with Gasteiger partial charge < -0.3 is 10.0 Å². The molecule has 0 saturated carbocycles. The zero-order valence-electron chi connectivity index (χ0n) is 9.20. The van der Waals surface area contributed by atoms with E-state index in [1.807, 2.05) is 0 Å². The Kier molecular flexibility index (Phi) is 4.58. The highest BCUT2D eigenvalue weighted by atomic mass is 32.2. The summed E-state index contributed by atoms with van der Waals surface area (Å²) >= 11 is 1.46. The zero-order valence-corrected chi connectivity index (χ0v) is 10.8. The Labute approximate surface area is 104 Å². The van der Waals surface area contributed by atoms with Crippen molar-refractivity contribution in [3.63, 3.8) is 0 Å². The van der Waals surface area contributed by atoms with E-state index in [-0.39, 0.29) is 0 Å². The summed E-state index contributed by atoms with van der Waals surface area (Å²) in [7, 11) is -3.36. The molecule has 0 aromatic rings. The second-order valence-electron chi connectivity index (χ2n) is 3.56. The first-order valence-electron chi connectivity index (χ1n) is 4.80. The Morgan fingerprint density at radius 3 is 2.59 bits per heavy atom. The highest BCUT2D eigenvalue weighted by Gasteiger charge is 2.33. The van der Waals surface area contributed by atoms with Crippen molar-refractivity contribution in [2.45, 2.75) is 5.37 Å². The maximum absolute atomic E-state index is 11.7. The van der Waals surface area contributed by atoms with Gasteiger partial charge in [0.1, 0.15) is 5.37 Å². The predicted molar refractivity (Wildman–Crippen MR) is 64.4 cm³/mol. The normalized spacial score (nSPS) is 21.7. The van der Waals surface area contributed by atoms with Gasteiger partial charge in [-0.15, -0.1) is 0 Å². The molecule has 1 saturated heterocycles. The van der Waals surface area contributed by atoms with Crippen LogP contribution in [0.5, 0.6) is 0 Å². The lowest BCUT2D eigenvalue weighted by Gasteiger charge is -2.33. The van der Waals surface area contributed by atoms with Gasteiger partial charge >= 0.3 is 5.97 Å². The molecule has 1 fully saturated rings. The highest BCUT2D eigenvalue weighted by molar-refractivity contribution is 8.00. The second-order valence-corrected chi connectivity index (χ2v) is 6.92. The summed E-state index contributed by atoms with van der Waals surface area (Å²) < 4.78 is 23.0. The molecule has 1 unspecified atom stereocenters. The van der Waals surface area contributed by atoms with Crippen LogP contribution in [0.4, 0.5) is 0 Å². The molecule has 1 amide bonds. The molecule has 17 heavy (non-hydrogen) atoms. The minimum atomic E-state index is -3.36. The summed E-state index contributed by atoms with van der Waals surface area (Å²) in [6, 6.07) is 0. The number of carbonyl (C=O) groups is 2. The maximum Gasteiger partial charge on any atom is 0.328 e. The van der Waals surface area contributed by atoms with Crippen molar-refractivity contribution in [1.29, 1.82) is 0 Å². The van der Waals surface area contributed by atoms with Crippen LogP contribution >= 0.6 is 11.8 Å². The number of nitrogens with zero attached hydrogens (tertiary/aromatic N) is 1. The Balaban J connectivity index is 2.85. The fraction of sp³-hybridized carbons (Fsp3) is 0.556. The number of sulfone groups is 1. The van der Waals surface area contributed by atoms with Gasteiger partial charge in [-0.3, -0.25) is 4.79 Å². The minimum absolute atomic E-state index is 0.311.